The van der Waals surface area contributed by atoms with Crippen molar-refractivity contribution in [2.75, 3.05) is 39.8 Å². The van der Waals surface area contributed by atoms with Gasteiger partial charge in [-0.2, -0.15) is 0 Å². The molecule has 3 nitrogen and oxygen atoms in total. The van der Waals surface area contributed by atoms with Gasteiger partial charge in [0.05, 0.1) is 0 Å². The minimum absolute atomic E-state index is 0.298. The smallest absolute Gasteiger partial charge is 0.0353 e. The van der Waals surface area contributed by atoms with E-state index in [1.807, 2.05) is 0 Å². The molecule has 0 atom stereocenters. The number of likely N-dealkylation sites (tertiary alicyclic amines) is 1. The van der Waals surface area contributed by atoms with Crippen molar-refractivity contribution in [1.29, 1.82) is 0 Å². The Hall–Kier alpha value is -0.120. The molecule has 0 aromatic rings. The fourth-order valence-electron chi connectivity index (χ4n) is 3.13. The van der Waals surface area contributed by atoms with Crippen LogP contribution in [0.4, 0.5) is 0 Å². The molecule has 0 amide bonds. The molecule has 0 radical (unpaired) electrons. The molecule has 2 aliphatic rings. The quantitative estimate of drug-likeness (QED) is 0.763. The van der Waals surface area contributed by atoms with E-state index in [1.165, 1.54) is 58.3 Å². The number of nitrogens with two attached hydrogens (primary N) is 1. The van der Waals surface area contributed by atoms with Gasteiger partial charge in [0.1, 0.15) is 0 Å². The summed E-state index contributed by atoms with van der Waals surface area (Å²) < 4.78 is 0. The third-order valence-electron chi connectivity index (χ3n) is 4.75. The molecule has 1 aliphatic carbocycles. The number of likely N-dealkylation sites (N-methyl/N-ethyl adjacent to an activating group) is 1. The largest absolute Gasteiger partial charge is 0.329 e. The molecular weight excluding hydrogens is 210 g/mol. The van der Waals surface area contributed by atoms with Gasteiger partial charge in [0.15, 0.2) is 0 Å². The Morgan fingerprint density at radius 3 is 2.41 bits per heavy atom. The van der Waals surface area contributed by atoms with Crippen LogP contribution in [0.2, 0.25) is 0 Å². The maximum Gasteiger partial charge on any atom is 0.0353 e. The van der Waals surface area contributed by atoms with Gasteiger partial charge in [0.2, 0.25) is 0 Å². The third kappa shape index (κ3) is 3.21. The lowest BCUT2D eigenvalue weighted by atomic mass is 9.85. The lowest BCUT2D eigenvalue weighted by molar-refractivity contribution is 0.0423. The van der Waals surface area contributed by atoms with Crippen molar-refractivity contribution in [3.05, 3.63) is 0 Å². The number of rotatable bonds is 6. The monoisotopic (exact) mass is 239 g/mol. The van der Waals surface area contributed by atoms with Crippen molar-refractivity contribution in [2.24, 2.45) is 11.7 Å². The van der Waals surface area contributed by atoms with Crippen molar-refractivity contribution in [2.45, 2.75) is 44.6 Å². The van der Waals surface area contributed by atoms with Gasteiger partial charge in [-0.3, -0.25) is 4.90 Å². The van der Waals surface area contributed by atoms with Gasteiger partial charge >= 0.3 is 0 Å². The van der Waals surface area contributed by atoms with Gasteiger partial charge in [-0.25, -0.2) is 0 Å². The van der Waals surface area contributed by atoms with E-state index in [4.69, 9.17) is 5.73 Å². The fourth-order valence-corrected chi connectivity index (χ4v) is 3.13. The zero-order chi connectivity index (χ0) is 12.3. The Kier molecular flexibility index (Phi) is 4.45. The van der Waals surface area contributed by atoms with Crippen molar-refractivity contribution < 1.29 is 0 Å². The summed E-state index contributed by atoms with van der Waals surface area (Å²) in [7, 11) is 2.29. The lowest BCUT2D eigenvalue weighted by Crippen LogP contribution is -2.58. The van der Waals surface area contributed by atoms with Crippen LogP contribution in [0.25, 0.3) is 0 Å². The van der Waals surface area contributed by atoms with E-state index >= 15 is 0 Å². The Morgan fingerprint density at radius 1 is 1.29 bits per heavy atom. The molecule has 0 spiro atoms. The maximum absolute atomic E-state index is 6.09. The highest BCUT2D eigenvalue weighted by molar-refractivity contribution is 4.96. The molecule has 3 heteroatoms. The molecule has 2 fully saturated rings. The molecule has 2 N–H and O–H groups in total. The zero-order valence-corrected chi connectivity index (χ0v) is 11.6. The molecule has 1 aliphatic heterocycles. The number of nitrogens with zero attached hydrogens (tertiary/aromatic N) is 2. The molecule has 1 heterocycles. The average Bonchev–Trinajstić information content (AvgIpc) is 3.14. The number of hydrogen-bond acceptors (Lipinski definition) is 3. The molecule has 17 heavy (non-hydrogen) atoms. The van der Waals surface area contributed by atoms with Crippen LogP contribution in [-0.2, 0) is 0 Å². The van der Waals surface area contributed by atoms with Crippen LogP contribution in [0.5, 0.6) is 0 Å². The third-order valence-corrected chi connectivity index (χ3v) is 4.75. The van der Waals surface area contributed by atoms with Crippen molar-refractivity contribution in [1.82, 2.24) is 9.80 Å². The van der Waals surface area contributed by atoms with Crippen molar-refractivity contribution in [3.8, 4) is 0 Å². The molecule has 0 aromatic carbocycles. The maximum atomic E-state index is 6.09. The second kappa shape index (κ2) is 5.68. The highest BCUT2D eigenvalue weighted by Crippen LogP contribution is 2.34. The van der Waals surface area contributed by atoms with Crippen LogP contribution >= 0.6 is 0 Å². The molecule has 0 unspecified atom stereocenters. The van der Waals surface area contributed by atoms with Gasteiger partial charge in [-0.1, -0.05) is 6.92 Å². The minimum Gasteiger partial charge on any atom is -0.329 e. The topological polar surface area (TPSA) is 32.5 Å². The highest BCUT2D eigenvalue weighted by atomic mass is 15.2. The Morgan fingerprint density at radius 2 is 1.94 bits per heavy atom. The summed E-state index contributed by atoms with van der Waals surface area (Å²) in [5.41, 5.74) is 6.39. The minimum atomic E-state index is 0.298. The van der Waals surface area contributed by atoms with E-state index in [1.54, 1.807) is 0 Å². The first-order valence-corrected chi connectivity index (χ1v) is 7.34. The van der Waals surface area contributed by atoms with Crippen LogP contribution in [0.3, 0.4) is 0 Å². The van der Waals surface area contributed by atoms with E-state index in [-0.39, 0.29) is 0 Å². The molecule has 100 valence electrons. The SMILES string of the molecule is CCCN1CCC(CN)(N(C)CC2CC2)CC1. The molecule has 2 rings (SSSR count). The number of piperidine rings is 1. The molecule has 0 bridgehead atoms. The highest BCUT2D eigenvalue weighted by Gasteiger charge is 2.38. The molecular formula is C14H29N3. The van der Waals surface area contributed by atoms with Crippen molar-refractivity contribution in [3.63, 3.8) is 0 Å². The van der Waals surface area contributed by atoms with Crippen LogP contribution in [0, 0.1) is 5.92 Å². The predicted molar refractivity (Wildman–Crippen MR) is 73.1 cm³/mol. The second-order valence-corrected chi connectivity index (χ2v) is 6.09. The molecule has 0 aromatic heterocycles. The van der Waals surface area contributed by atoms with Gasteiger partial charge in [0.25, 0.3) is 0 Å². The lowest BCUT2D eigenvalue weighted by Gasteiger charge is -2.47. The Labute approximate surface area is 106 Å². The van der Waals surface area contributed by atoms with Crippen molar-refractivity contribution >= 4 is 0 Å². The molecule has 1 saturated carbocycles. The summed E-state index contributed by atoms with van der Waals surface area (Å²) in [5, 5.41) is 0. The molecule has 1 saturated heterocycles. The summed E-state index contributed by atoms with van der Waals surface area (Å²) >= 11 is 0. The summed E-state index contributed by atoms with van der Waals surface area (Å²) in [6.45, 7) is 8.10. The average molecular weight is 239 g/mol. The van der Waals surface area contributed by atoms with E-state index in [2.05, 4.69) is 23.8 Å². The van der Waals surface area contributed by atoms with Crippen LogP contribution < -0.4 is 5.73 Å². The van der Waals surface area contributed by atoms with Crippen LogP contribution in [-0.4, -0.2) is 55.1 Å². The van der Waals surface area contributed by atoms with E-state index in [0.717, 1.165) is 12.5 Å². The summed E-state index contributed by atoms with van der Waals surface area (Å²) in [6.07, 6.45) is 6.66. The zero-order valence-electron chi connectivity index (χ0n) is 11.6. The second-order valence-electron chi connectivity index (χ2n) is 6.09. The first-order valence-electron chi connectivity index (χ1n) is 7.34. The van der Waals surface area contributed by atoms with Gasteiger partial charge in [0, 0.05) is 18.6 Å². The van der Waals surface area contributed by atoms with E-state index in [0.29, 0.717) is 5.54 Å². The van der Waals surface area contributed by atoms with E-state index < -0.39 is 0 Å². The predicted octanol–water partition coefficient (Wildman–Crippen LogP) is 1.53. The summed E-state index contributed by atoms with van der Waals surface area (Å²) in [4.78, 5) is 5.17. The number of hydrogen-bond donors (Lipinski definition) is 1. The Bertz CT molecular complexity index is 230. The van der Waals surface area contributed by atoms with E-state index in [9.17, 15) is 0 Å². The standard InChI is InChI=1S/C14H29N3/c1-3-8-17-9-6-14(12-15,7-10-17)16(2)11-13-4-5-13/h13H,3-12,15H2,1-2H3. The summed E-state index contributed by atoms with van der Waals surface area (Å²) in [5.74, 6) is 0.970. The Balaban J connectivity index is 1.86. The normalized spacial score (nSPS) is 25.4. The van der Waals surface area contributed by atoms with Gasteiger partial charge < -0.3 is 10.6 Å². The fraction of sp³-hybridized carbons (Fsp3) is 1.00. The van der Waals surface area contributed by atoms with Crippen LogP contribution in [0.1, 0.15) is 39.0 Å². The first kappa shape index (κ1) is 13.3. The van der Waals surface area contributed by atoms with Gasteiger partial charge in [-0.05, 0) is 64.7 Å². The van der Waals surface area contributed by atoms with Crippen LogP contribution in [0.15, 0.2) is 0 Å². The van der Waals surface area contributed by atoms with Gasteiger partial charge in [-0.15, -0.1) is 0 Å². The summed E-state index contributed by atoms with van der Waals surface area (Å²) in [6, 6.07) is 0. The first-order chi connectivity index (χ1) is 8.20.